The predicted octanol–water partition coefficient (Wildman–Crippen LogP) is 4.55. The summed E-state index contributed by atoms with van der Waals surface area (Å²) in [4.78, 5) is 29.5. The number of benzene rings is 1. The molecule has 0 aliphatic carbocycles. The number of nitrogens with zero attached hydrogens (tertiary/aromatic N) is 2. The fourth-order valence-corrected chi connectivity index (χ4v) is 3.52. The number of ether oxygens (including phenoxy) is 1. The number of rotatable bonds is 7. The van der Waals surface area contributed by atoms with Crippen LogP contribution in [-0.2, 0) is 11.3 Å². The number of ketones is 1. The van der Waals surface area contributed by atoms with Crippen molar-refractivity contribution < 1.29 is 14.3 Å². The predicted molar refractivity (Wildman–Crippen MR) is 105 cm³/mol. The molecule has 0 amide bonds. The summed E-state index contributed by atoms with van der Waals surface area (Å²) in [6.07, 6.45) is 6.28. The molecule has 0 bridgehead atoms. The van der Waals surface area contributed by atoms with Crippen LogP contribution in [0.1, 0.15) is 58.2 Å². The van der Waals surface area contributed by atoms with Gasteiger partial charge in [0, 0.05) is 35.5 Å². The van der Waals surface area contributed by atoms with E-state index in [1.54, 1.807) is 0 Å². The van der Waals surface area contributed by atoms with E-state index in [0.29, 0.717) is 5.56 Å². The molecule has 3 aromatic rings. The van der Waals surface area contributed by atoms with Gasteiger partial charge in [-0.05, 0) is 25.5 Å². The molecule has 0 aliphatic rings. The minimum Gasteiger partial charge on any atom is -0.465 e. The molecule has 0 spiro atoms. The summed E-state index contributed by atoms with van der Waals surface area (Å²) in [7, 11) is 1.31. The molecular formula is C22H24N2O3. The van der Waals surface area contributed by atoms with Gasteiger partial charge in [-0.25, -0.2) is 4.79 Å². The summed E-state index contributed by atoms with van der Waals surface area (Å²) in [5.41, 5.74) is 3.08. The van der Waals surface area contributed by atoms with Crippen LogP contribution in [0.2, 0.25) is 0 Å². The zero-order valence-electron chi connectivity index (χ0n) is 16.0. The molecular weight excluding hydrogens is 340 g/mol. The quantitative estimate of drug-likeness (QED) is 0.350. The van der Waals surface area contributed by atoms with Crippen LogP contribution in [0.15, 0.2) is 42.7 Å². The van der Waals surface area contributed by atoms with Crippen LogP contribution in [0.5, 0.6) is 0 Å². The van der Waals surface area contributed by atoms with Gasteiger partial charge in [0.15, 0.2) is 5.78 Å². The highest BCUT2D eigenvalue weighted by atomic mass is 16.5. The fraction of sp³-hybridized carbons (Fsp3) is 0.318. The fourth-order valence-electron chi connectivity index (χ4n) is 3.52. The first-order chi connectivity index (χ1) is 13.1. The molecule has 27 heavy (non-hydrogen) atoms. The molecule has 5 nitrogen and oxygen atoms in total. The number of carbonyl (C=O) groups is 2. The lowest BCUT2D eigenvalue weighted by Gasteiger charge is -2.09. The molecule has 0 saturated heterocycles. The van der Waals surface area contributed by atoms with E-state index in [-0.39, 0.29) is 16.9 Å². The third-order valence-electron chi connectivity index (χ3n) is 4.91. The van der Waals surface area contributed by atoms with Crippen LogP contribution in [-0.4, -0.2) is 28.4 Å². The zero-order chi connectivity index (χ0) is 19.4. The lowest BCUT2D eigenvalue weighted by Crippen LogP contribution is -2.13. The Morgan fingerprint density at radius 3 is 2.63 bits per heavy atom. The largest absolute Gasteiger partial charge is 0.465 e. The van der Waals surface area contributed by atoms with Crippen molar-refractivity contribution in [3.8, 4) is 0 Å². The molecule has 2 heterocycles. The summed E-state index contributed by atoms with van der Waals surface area (Å²) in [6.45, 7) is 5.00. The van der Waals surface area contributed by atoms with Crippen LogP contribution >= 0.6 is 0 Å². The SMILES string of the molecule is CCCCCn1c(C)c(C(=O)c2cnccc2C(=O)OC)c2ccccc21. The minimum atomic E-state index is -0.537. The highest BCUT2D eigenvalue weighted by molar-refractivity contribution is 6.20. The average molecular weight is 364 g/mol. The Morgan fingerprint density at radius 2 is 1.89 bits per heavy atom. The molecule has 0 unspecified atom stereocenters. The van der Waals surface area contributed by atoms with Crippen LogP contribution < -0.4 is 0 Å². The van der Waals surface area contributed by atoms with Crippen molar-refractivity contribution in [3.05, 3.63) is 65.1 Å². The Bertz CT molecular complexity index is 988. The molecule has 0 saturated carbocycles. The third-order valence-corrected chi connectivity index (χ3v) is 4.91. The Balaban J connectivity index is 2.14. The summed E-state index contributed by atoms with van der Waals surface area (Å²) in [6, 6.07) is 9.43. The number of aryl methyl sites for hydroxylation is 1. The van der Waals surface area contributed by atoms with Crippen molar-refractivity contribution >= 4 is 22.7 Å². The van der Waals surface area contributed by atoms with E-state index >= 15 is 0 Å². The monoisotopic (exact) mass is 364 g/mol. The Kier molecular flexibility index (Phi) is 5.69. The standard InChI is InChI=1S/C22H24N2O3/c1-4-5-8-13-24-15(2)20(17-9-6-7-10-19(17)24)21(25)18-14-23-12-11-16(18)22(26)27-3/h6-7,9-12,14H,4-5,8,13H2,1-3H3. The number of hydrogen-bond donors (Lipinski definition) is 0. The van der Waals surface area contributed by atoms with Crippen molar-refractivity contribution in [1.29, 1.82) is 0 Å². The number of fused-ring (bicyclic) bond motifs is 1. The van der Waals surface area contributed by atoms with Crippen LogP contribution in [0, 0.1) is 6.92 Å². The first-order valence-corrected chi connectivity index (χ1v) is 9.25. The number of aromatic nitrogens is 2. The molecule has 0 aliphatic heterocycles. The van der Waals surface area contributed by atoms with E-state index in [9.17, 15) is 9.59 Å². The van der Waals surface area contributed by atoms with Crippen molar-refractivity contribution in [3.63, 3.8) is 0 Å². The van der Waals surface area contributed by atoms with Gasteiger partial charge in [-0.2, -0.15) is 0 Å². The van der Waals surface area contributed by atoms with Crippen molar-refractivity contribution in [2.45, 2.75) is 39.7 Å². The maximum Gasteiger partial charge on any atom is 0.338 e. The maximum atomic E-state index is 13.4. The van der Waals surface area contributed by atoms with Crippen molar-refractivity contribution in [2.24, 2.45) is 0 Å². The number of para-hydroxylation sites is 1. The van der Waals surface area contributed by atoms with E-state index in [1.807, 2.05) is 31.2 Å². The van der Waals surface area contributed by atoms with Gasteiger partial charge < -0.3 is 9.30 Å². The number of esters is 1. The lowest BCUT2D eigenvalue weighted by molar-refractivity contribution is 0.0597. The van der Waals surface area contributed by atoms with Gasteiger partial charge in [0.1, 0.15) is 0 Å². The molecule has 2 aromatic heterocycles. The molecule has 3 rings (SSSR count). The van der Waals surface area contributed by atoms with E-state index in [1.165, 1.54) is 25.6 Å². The summed E-state index contributed by atoms with van der Waals surface area (Å²) in [5.74, 6) is -0.739. The van der Waals surface area contributed by atoms with Gasteiger partial charge in [0.05, 0.1) is 23.8 Å². The van der Waals surface area contributed by atoms with Gasteiger partial charge in [0.2, 0.25) is 0 Å². The topological polar surface area (TPSA) is 61.2 Å². The molecule has 0 atom stereocenters. The highest BCUT2D eigenvalue weighted by Gasteiger charge is 2.25. The molecule has 5 heteroatoms. The molecule has 0 N–H and O–H groups in total. The van der Waals surface area contributed by atoms with Crippen molar-refractivity contribution in [2.75, 3.05) is 7.11 Å². The molecule has 0 radical (unpaired) electrons. The average Bonchev–Trinajstić information content (AvgIpc) is 2.98. The zero-order valence-corrected chi connectivity index (χ0v) is 16.0. The molecule has 140 valence electrons. The van der Waals surface area contributed by atoms with E-state index in [0.717, 1.165) is 42.4 Å². The van der Waals surface area contributed by atoms with Gasteiger partial charge >= 0.3 is 5.97 Å². The molecule has 0 fully saturated rings. The highest BCUT2D eigenvalue weighted by Crippen LogP contribution is 2.29. The lowest BCUT2D eigenvalue weighted by atomic mass is 9.98. The second kappa shape index (κ2) is 8.16. The third kappa shape index (κ3) is 3.50. The summed E-state index contributed by atoms with van der Waals surface area (Å²) in [5, 5.41) is 0.899. The smallest absolute Gasteiger partial charge is 0.338 e. The Labute approximate surface area is 159 Å². The van der Waals surface area contributed by atoms with Crippen molar-refractivity contribution in [1.82, 2.24) is 9.55 Å². The Morgan fingerprint density at radius 1 is 1.11 bits per heavy atom. The first-order valence-electron chi connectivity index (χ1n) is 9.25. The summed E-state index contributed by atoms with van der Waals surface area (Å²) >= 11 is 0. The normalized spacial score (nSPS) is 10.9. The number of methoxy groups -OCH3 is 1. The second-order valence-corrected chi connectivity index (χ2v) is 6.58. The van der Waals surface area contributed by atoms with Crippen LogP contribution in [0.3, 0.4) is 0 Å². The van der Waals surface area contributed by atoms with Gasteiger partial charge in [-0.3, -0.25) is 9.78 Å². The first kappa shape index (κ1) is 18.8. The number of carbonyl (C=O) groups excluding carboxylic acids is 2. The van der Waals surface area contributed by atoms with Gasteiger partial charge in [-0.1, -0.05) is 38.0 Å². The number of pyridine rings is 1. The summed E-state index contributed by atoms with van der Waals surface area (Å²) < 4.78 is 7.03. The molecule has 1 aromatic carbocycles. The number of hydrogen-bond acceptors (Lipinski definition) is 4. The van der Waals surface area contributed by atoms with E-state index in [4.69, 9.17) is 4.74 Å². The van der Waals surface area contributed by atoms with E-state index < -0.39 is 5.97 Å². The van der Waals surface area contributed by atoms with E-state index in [2.05, 4.69) is 16.5 Å². The van der Waals surface area contributed by atoms with Gasteiger partial charge in [-0.15, -0.1) is 0 Å². The van der Waals surface area contributed by atoms with Crippen LogP contribution in [0.4, 0.5) is 0 Å². The second-order valence-electron chi connectivity index (χ2n) is 6.58. The van der Waals surface area contributed by atoms with Gasteiger partial charge in [0.25, 0.3) is 0 Å². The number of unbranched alkanes of at least 4 members (excludes halogenated alkanes) is 2. The Hall–Kier alpha value is -2.95. The maximum absolute atomic E-state index is 13.4. The van der Waals surface area contributed by atoms with Crippen LogP contribution in [0.25, 0.3) is 10.9 Å². The minimum absolute atomic E-state index is 0.202.